The largest absolute Gasteiger partial charge is 0.303 e. The normalized spacial score (nSPS) is 20.9. The van der Waals surface area contributed by atoms with Crippen molar-refractivity contribution >= 4 is 0 Å². The number of hydrogen-bond acceptors (Lipinski definition) is 1. The molecule has 1 heteroatoms. The first-order chi connectivity index (χ1) is 8.99. The van der Waals surface area contributed by atoms with E-state index in [1.165, 1.54) is 50.0 Å². The van der Waals surface area contributed by atoms with Gasteiger partial charge in [0.15, 0.2) is 0 Å². The molecule has 1 atom stereocenters. The molecule has 1 aromatic rings. The highest BCUT2D eigenvalue weighted by molar-refractivity contribution is 5.27. The Morgan fingerprint density at radius 2 is 1.84 bits per heavy atom. The predicted molar refractivity (Wildman–Crippen MR) is 83.7 cm³/mol. The number of rotatable bonds is 4. The van der Waals surface area contributed by atoms with E-state index in [4.69, 9.17) is 0 Å². The average molecular weight is 259 g/mol. The number of nitrogens with zero attached hydrogens (tertiary/aromatic N) is 1. The molecule has 1 aromatic carbocycles. The molecule has 0 amide bonds. The molecular formula is C18H29N. The molecule has 1 fully saturated rings. The minimum absolute atomic E-state index is 0.266. The molecule has 1 aliphatic rings. The molecule has 0 unspecified atom stereocenters. The Kier molecular flexibility index (Phi) is 4.67. The van der Waals surface area contributed by atoms with E-state index in [0.717, 1.165) is 5.92 Å². The molecule has 0 N–H and O–H groups in total. The molecule has 1 aliphatic heterocycles. The van der Waals surface area contributed by atoms with E-state index in [-0.39, 0.29) is 5.41 Å². The van der Waals surface area contributed by atoms with Crippen LogP contribution in [0, 0.1) is 5.92 Å². The van der Waals surface area contributed by atoms with Gasteiger partial charge in [-0.25, -0.2) is 0 Å². The molecule has 106 valence electrons. The van der Waals surface area contributed by atoms with Crippen LogP contribution in [0.1, 0.15) is 51.7 Å². The summed E-state index contributed by atoms with van der Waals surface area (Å²) in [5.74, 6) is 0.947. The third kappa shape index (κ3) is 4.07. The smallest absolute Gasteiger partial charge is 0.00219 e. The van der Waals surface area contributed by atoms with Gasteiger partial charge >= 0.3 is 0 Å². The Morgan fingerprint density at radius 1 is 1.16 bits per heavy atom. The first-order valence-electron chi connectivity index (χ1n) is 7.81. The van der Waals surface area contributed by atoms with Gasteiger partial charge in [0.05, 0.1) is 0 Å². The van der Waals surface area contributed by atoms with Crippen LogP contribution >= 0.6 is 0 Å². The minimum Gasteiger partial charge on any atom is -0.303 e. The van der Waals surface area contributed by atoms with E-state index in [2.05, 4.69) is 56.9 Å². The molecule has 1 saturated heterocycles. The van der Waals surface area contributed by atoms with Crippen molar-refractivity contribution in [1.29, 1.82) is 0 Å². The Hall–Kier alpha value is -0.820. The lowest BCUT2D eigenvalue weighted by molar-refractivity contribution is 0.327. The van der Waals surface area contributed by atoms with E-state index in [0.29, 0.717) is 0 Å². The van der Waals surface area contributed by atoms with Gasteiger partial charge < -0.3 is 4.90 Å². The van der Waals surface area contributed by atoms with Crippen molar-refractivity contribution in [2.24, 2.45) is 5.92 Å². The number of benzene rings is 1. The maximum Gasteiger partial charge on any atom is 0.00219 e. The summed E-state index contributed by atoms with van der Waals surface area (Å²) in [6, 6.07) is 9.23. The standard InChI is InChI=1S/C18H29N/c1-5-15-10-12-19(14-15)13-11-16-6-8-17(9-7-16)18(2,3)4/h6-9,15H,5,10-14H2,1-4H3/t15-/m1/s1. The molecule has 0 aromatic heterocycles. The van der Waals surface area contributed by atoms with Crippen LogP contribution in [-0.2, 0) is 11.8 Å². The van der Waals surface area contributed by atoms with Crippen LogP contribution in [0.15, 0.2) is 24.3 Å². The zero-order chi connectivity index (χ0) is 13.9. The first kappa shape index (κ1) is 14.6. The van der Waals surface area contributed by atoms with E-state index in [9.17, 15) is 0 Å². The van der Waals surface area contributed by atoms with Crippen LogP contribution in [0.5, 0.6) is 0 Å². The first-order valence-corrected chi connectivity index (χ1v) is 7.81. The second-order valence-corrected chi connectivity index (χ2v) is 7.06. The highest BCUT2D eigenvalue weighted by Crippen LogP contribution is 2.23. The lowest BCUT2D eigenvalue weighted by Gasteiger charge is -2.20. The quantitative estimate of drug-likeness (QED) is 0.781. The fourth-order valence-corrected chi connectivity index (χ4v) is 2.91. The van der Waals surface area contributed by atoms with Crippen LogP contribution in [0.4, 0.5) is 0 Å². The summed E-state index contributed by atoms with van der Waals surface area (Å²) in [5.41, 5.74) is 3.18. The predicted octanol–water partition coefficient (Wildman–Crippen LogP) is 4.26. The third-order valence-corrected chi connectivity index (χ3v) is 4.48. The van der Waals surface area contributed by atoms with Crippen molar-refractivity contribution in [2.75, 3.05) is 19.6 Å². The van der Waals surface area contributed by atoms with Gasteiger partial charge in [-0.15, -0.1) is 0 Å². The average Bonchev–Trinajstić information content (AvgIpc) is 2.84. The zero-order valence-electron chi connectivity index (χ0n) is 13.1. The fourth-order valence-electron chi connectivity index (χ4n) is 2.91. The van der Waals surface area contributed by atoms with Crippen LogP contribution in [0.2, 0.25) is 0 Å². The van der Waals surface area contributed by atoms with Crippen LogP contribution in [-0.4, -0.2) is 24.5 Å². The van der Waals surface area contributed by atoms with Gasteiger partial charge in [-0.1, -0.05) is 58.4 Å². The van der Waals surface area contributed by atoms with E-state index in [1.54, 1.807) is 0 Å². The lowest BCUT2D eigenvalue weighted by atomic mass is 9.86. The van der Waals surface area contributed by atoms with Gasteiger partial charge in [0.25, 0.3) is 0 Å². The van der Waals surface area contributed by atoms with Crippen molar-refractivity contribution in [3.05, 3.63) is 35.4 Å². The Bertz CT molecular complexity index is 385. The van der Waals surface area contributed by atoms with E-state index < -0.39 is 0 Å². The van der Waals surface area contributed by atoms with Crippen LogP contribution in [0.25, 0.3) is 0 Å². The second kappa shape index (κ2) is 6.09. The summed E-state index contributed by atoms with van der Waals surface area (Å²) < 4.78 is 0. The van der Waals surface area contributed by atoms with E-state index in [1.807, 2.05) is 0 Å². The molecule has 0 radical (unpaired) electrons. The van der Waals surface area contributed by atoms with Gasteiger partial charge in [0.2, 0.25) is 0 Å². The fraction of sp³-hybridized carbons (Fsp3) is 0.667. The molecule has 0 spiro atoms. The maximum absolute atomic E-state index is 2.63. The molecule has 1 nitrogen and oxygen atoms in total. The summed E-state index contributed by atoms with van der Waals surface area (Å²) in [7, 11) is 0. The van der Waals surface area contributed by atoms with Gasteiger partial charge in [-0.05, 0) is 41.8 Å². The van der Waals surface area contributed by atoms with Crippen LogP contribution < -0.4 is 0 Å². The zero-order valence-corrected chi connectivity index (χ0v) is 13.1. The summed E-state index contributed by atoms with van der Waals surface area (Å²) in [6.07, 6.45) is 3.94. The highest BCUT2D eigenvalue weighted by Gasteiger charge is 2.20. The number of hydrogen-bond donors (Lipinski definition) is 0. The maximum atomic E-state index is 2.63. The van der Waals surface area contributed by atoms with Crippen molar-refractivity contribution in [2.45, 2.75) is 52.4 Å². The molecule has 0 aliphatic carbocycles. The molecule has 0 saturated carbocycles. The molecule has 2 rings (SSSR count). The number of likely N-dealkylation sites (tertiary alicyclic amines) is 1. The molecule has 19 heavy (non-hydrogen) atoms. The lowest BCUT2D eigenvalue weighted by Crippen LogP contribution is -2.23. The van der Waals surface area contributed by atoms with Crippen molar-refractivity contribution in [3.63, 3.8) is 0 Å². The van der Waals surface area contributed by atoms with Crippen molar-refractivity contribution in [3.8, 4) is 0 Å². The summed E-state index contributed by atoms with van der Waals surface area (Å²) in [4.78, 5) is 2.63. The van der Waals surface area contributed by atoms with Gasteiger partial charge in [-0.3, -0.25) is 0 Å². The van der Waals surface area contributed by atoms with E-state index >= 15 is 0 Å². The van der Waals surface area contributed by atoms with Crippen molar-refractivity contribution in [1.82, 2.24) is 4.90 Å². The second-order valence-electron chi connectivity index (χ2n) is 7.06. The molecule has 0 bridgehead atoms. The van der Waals surface area contributed by atoms with Crippen LogP contribution in [0.3, 0.4) is 0 Å². The monoisotopic (exact) mass is 259 g/mol. The summed E-state index contributed by atoms with van der Waals surface area (Å²) in [5, 5.41) is 0. The highest BCUT2D eigenvalue weighted by atomic mass is 15.1. The Labute approximate surface area is 119 Å². The third-order valence-electron chi connectivity index (χ3n) is 4.48. The topological polar surface area (TPSA) is 3.24 Å². The molecular weight excluding hydrogens is 230 g/mol. The summed E-state index contributed by atoms with van der Waals surface area (Å²) in [6.45, 7) is 13.0. The Balaban J connectivity index is 1.84. The van der Waals surface area contributed by atoms with Gasteiger partial charge in [0, 0.05) is 13.1 Å². The SMILES string of the molecule is CC[C@@H]1CCN(CCc2ccc(C(C)(C)C)cc2)C1. The van der Waals surface area contributed by atoms with Gasteiger partial charge in [0.1, 0.15) is 0 Å². The van der Waals surface area contributed by atoms with Gasteiger partial charge in [-0.2, -0.15) is 0 Å². The van der Waals surface area contributed by atoms with Crippen molar-refractivity contribution < 1.29 is 0 Å². The Morgan fingerprint density at radius 3 is 2.37 bits per heavy atom. The molecule has 1 heterocycles. The minimum atomic E-state index is 0.266. The summed E-state index contributed by atoms with van der Waals surface area (Å²) >= 11 is 0.